The number of aliphatic imine (C=N–C) groups is 1. The van der Waals surface area contributed by atoms with Crippen molar-refractivity contribution < 1.29 is 0 Å². The molecule has 1 aromatic carbocycles. The molecule has 2 aromatic rings. The van der Waals surface area contributed by atoms with Gasteiger partial charge >= 0.3 is 0 Å². The molecule has 0 aliphatic carbocycles. The van der Waals surface area contributed by atoms with Crippen LogP contribution in [0.1, 0.15) is 34.9 Å². The largest absolute Gasteiger partial charge is 0.280 e. The molecule has 1 unspecified atom stereocenters. The molecule has 0 spiro atoms. The van der Waals surface area contributed by atoms with Crippen LogP contribution in [0.5, 0.6) is 0 Å². The minimum atomic E-state index is 0.368. The lowest BCUT2D eigenvalue weighted by Crippen LogP contribution is -1.90. The number of nitrogens with zero attached hydrogens (tertiary/aromatic N) is 1. The minimum absolute atomic E-state index is 0.368. The Morgan fingerprint density at radius 1 is 1.18 bits per heavy atom. The first-order chi connectivity index (χ1) is 8.33. The van der Waals surface area contributed by atoms with Crippen LogP contribution >= 0.6 is 11.3 Å². The molecule has 0 bridgehead atoms. The summed E-state index contributed by atoms with van der Waals surface area (Å²) in [5, 5.41) is 2.12. The van der Waals surface area contributed by atoms with Gasteiger partial charge in [0.25, 0.3) is 0 Å². The zero-order valence-electron chi connectivity index (χ0n) is 9.89. The fourth-order valence-electron chi connectivity index (χ4n) is 2.25. The Morgan fingerprint density at radius 2 is 2.00 bits per heavy atom. The number of aryl methyl sites for hydroxylation is 1. The zero-order valence-corrected chi connectivity index (χ0v) is 10.7. The van der Waals surface area contributed by atoms with Crippen LogP contribution in [0.4, 0.5) is 0 Å². The highest BCUT2D eigenvalue weighted by Crippen LogP contribution is 2.31. The van der Waals surface area contributed by atoms with E-state index in [0.717, 1.165) is 12.8 Å². The van der Waals surface area contributed by atoms with Gasteiger partial charge < -0.3 is 0 Å². The van der Waals surface area contributed by atoms with Gasteiger partial charge in [-0.25, -0.2) is 0 Å². The first-order valence-electron chi connectivity index (χ1n) is 6.00. The highest BCUT2D eigenvalue weighted by Gasteiger charge is 2.20. The second kappa shape index (κ2) is 4.46. The quantitative estimate of drug-likeness (QED) is 0.740. The Hall–Kier alpha value is -1.41. The van der Waals surface area contributed by atoms with Gasteiger partial charge in [-0.1, -0.05) is 35.9 Å². The molecular weight excluding hydrogens is 226 g/mol. The monoisotopic (exact) mass is 241 g/mol. The molecule has 3 rings (SSSR count). The van der Waals surface area contributed by atoms with Crippen molar-refractivity contribution in [1.29, 1.82) is 0 Å². The van der Waals surface area contributed by atoms with E-state index in [1.807, 2.05) is 0 Å². The predicted octanol–water partition coefficient (Wildman–Crippen LogP) is 4.38. The van der Waals surface area contributed by atoms with Crippen molar-refractivity contribution >= 4 is 17.0 Å². The summed E-state index contributed by atoms with van der Waals surface area (Å²) in [6, 6.07) is 13.4. The summed E-state index contributed by atoms with van der Waals surface area (Å²) in [5.74, 6) is 0. The predicted molar refractivity (Wildman–Crippen MR) is 74.0 cm³/mol. The minimum Gasteiger partial charge on any atom is -0.280 e. The van der Waals surface area contributed by atoms with Gasteiger partial charge in [-0.2, -0.15) is 0 Å². The average Bonchev–Trinajstić information content (AvgIpc) is 3.00. The molecule has 1 aromatic heterocycles. The number of thiophene rings is 1. The fraction of sp³-hybridized carbons (Fsp3) is 0.267. The van der Waals surface area contributed by atoms with E-state index in [-0.39, 0.29) is 0 Å². The van der Waals surface area contributed by atoms with Crippen LogP contribution in [0.2, 0.25) is 0 Å². The van der Waals surface area contributed by atoms with Crippen molar-refractivity contribution in [2.24, 2.45) is 4.99 Å². The fourth-order valence-corrected chi connectivity index (χ4v) is 3.00. The molecule has 0 radical (unpaired) electrons. The Kier molecular flexibility index (Phi) is 2.81. The Labute approximate surface area is 106 Å². The van der Waals surface area contributed by atoms with E-state index in [1.165, 1.54) is 21.7 Å². The van der Waals surface area contributed by atoms with Crippen molar-refractivity contribution in [1.82, 2.24) is 0 Å². The molecule has 1 atom stereocenters. The van der Waals surface area contributed by atoms with Gasteiger partial charge in [-0.15, -0.1) is 11.3 Å². The summed E-state index contributed by atoms with van der Waals surface area (Å²) in [7, 11) is 0. The van der Waals surface area contributed by atoms with Crippen LogP contribution in [-0.2, 0) is 0 Å². The molecule has 0 saturated carbocycles. The molecule has 0 N–H and O–H groups in total. The summed E-state index contributed by atoms with van der Waals surface area (Å²) in [4.78, 5) is 6.19. The van der Waals surface area contributed by atoms with Crippen molar-refractivity contribution in [3.05, 3.63) is 57.8 Å². The van der Waals surface area contributed by atoms with E-state index in [4.69, 9.17) is 4.99 Å². The third-order valence-electron chi connectivity index (χ3n) is 3.23. The van der Waals surface area contributed by atoms with Gasteiger partial charge in [0.2, 0.25) is 0 Å². The van der Waals surface area contributed by atoms with E-state index < -0.39 is 0 Å². The third-order valence-corrected chi connectivity index (χ3v) is 4.15. The lowest BCUT2D eigenvalue weighted by atomic mass is 10.0. The number of hydrogen-bond donors (Lipinski definition) is 0. The SMILES string of the molecule is Cc1ccc(C2CCC(c3cccs3)=N2)cc1. The number of hydrogen-bond acceptors (Lipinski definition) is 2. The molecule has 0 saturated heterocycles. The second-order valence-electron chi connectivity index (χ2n) is 4.52. The van der Waals surface area contributed by atoms with E-state index in [0.29, 0.717) is 6.04 Å². The van der Waals surface area contributed by atoms with Gasteiger partial charge in [0.15, 0.2) is 0 Å². The Bertz CT molecular complexity index is 523. The van der Waals surface area contributed by atoms with Gasteiger partial charge in [-0.3, -0.25) is 4.99 Å². The van der Waals surface area contributed by atoms with Gasteiger partial charge in [0.05, 0.1) is 11.8 Å². The second-order valence-corrected chi connectivity index (χ2v) is 5.47. The van der Waals surface area contributed by atoms with E-state index in [2.05, 4.69) is 48.7 Å². The molecule has 2 heterocycles. The van der Waals surface area contributed by atoms with Gasteiger partial charge in [0, 0.05) is 4.88 Å². The first-order valence-corrected chi connectivity index (χ1v) is 6.88. The molecule has 1 aliphatic rings. The maximum absolute atomic E-state index is 4.86. The highest BCUT2D eigenvalue weighted by atomic mass is 32.1. The number of rotatable bonds is 2. The van der Waals surface area contributed by atoms with Crippen LogP contribution < -0.4 is 0 Å². The van der Waals surface area contributed by atoms with Gasteiger partial charge in [0.1, 0.15) is 0 Å². The van der Waals surface area contributed by atoms with Crippen molar-refractivity contribution in [2.45, 2.75) is 25.8 Å². The summed E-state index contributed by atoms with van der Waals surface area (Å²) < 4.78 is 0. The van der Waals surface area contributed by atoms with Crippen LogP contribution in [0.25, 0.3) is 0 Å². The molecule has 17 heavy (non-hydrogen) atoms. The molecule has 86 valence electrons. The third kappa shape index (κ3) is 2.18. The number of benzene rings is 1. The van der Waals surface area contributed by atoms with Crippen LogP contribution in [0.3, 0.4) is 0 Å². The highest BCUT2D eigenvalue weighted by molar-refractivity contribution is 7.12. The molecule has 1 nitrogen and oxygen atoms in total. The van der Waals surface area contributed by atoms with Crippen molar-refractivity contribution in [3.8, 4) is 0 Å². The zero-order chi connectivity index (χ0) is 11.7. The van der Waals surface area contributed by atoms with Gasteiger partial charge in [-0.05, 0) is 36.8 Å². The summed E-state index contributed by atoms with van der Waals surface area (Å²) >= 11 is 1.79. The van der Waals surface area contributed by atoms with E-state index in [1.54, 1.807) is 11.3 Å². The lowest BCUT2D eigenvalue weighted by molar-refractivity contribution is 0.723. The maximum Gasteiger partial charge on any atom is 0.0756 e. The van der Waals surface area contributed by atoms with Crippen molar-refractivity contribution in [3.63, 3.8) is 0 Å². The van der Waals surface area contributed by atoms with Crippen LogP contribution in [-0.4, -0.2) is 5.71 Å². The molecule has 0 fully saturated rings. The normalized spacial score (nSPS) is 19.4. The Morgan fingerprint density at radius 3 is 2.71 bits per heavy atom. The first kappa shape index (κ1) is 10.7. The standard InChI is InChI=1S/C15H15NS/c1-11-4-6-12(7-5-11)13-8-9-14(16-13)15-3-2-10-17-15/h2-7,10,13H,8-9H2,1H3. The topological polar surface area (TPSA) is 12.4 Å². The van der Waals surface area contributed by atoms with Crippen LogP contribution in [0.15, 0.2) is 46.8 Å². The molecule has 1 aliphatic heterocycles. The van der Waals surface area contributed by atoms with E-state index in [9.17, 15) is 0 Å². The van der Waals surface area contributed by atoms with E-state index >= 15 is 0 Å². The molecular formula is C15H15NS. The average molecular weight is 241 g/mol. The smallest absolute Gasteiger partial charge is 0.0756 e. The molecule has 0 amide bonds. The summed E-state index contributed by atoms with van der Waals surface area (Å²) in [5.41, 5.74) is 3.95. The summed E-state index contributed by atoms with van der Waals surface area (Å²) in [6.07, 6.45) is 2.26. The molecule has 2 heteroatoms. The Balaban J connectivity index is 1.85. The summed E-state index contributed by atoms with van der Waals surface area (Å²) in [6.45, 7) is 2.12. The maximum atomic E-state index is 4.86. The lowest BCUT2D eigenvalue weighted by Gasteiger charge is -2.06. The van der Waals surface area contributed by atoms with Crippen LogP contribution in [0, 0.1) is 6.92 Å². The van der Waals surface area contributed by atoms with Crippen molar-refractivity contribution in [2.75, 3.05) is 0 Å².